The predicted molar refractivity (Wildman–Crippen MR) is 42.9 cm³/mol. The van der Waals surface area contributed by atoms with Crippen LogP contribution in [0.25, 0.3) is 10.9 Å². The van der Waals surface area contributed by atoms with Crippen molar-refractivity contribution in [1.82, 2.24) is 0 Å². The Kier molecular flexibility index (Phi) is 2.51. The average Bonchev–Trinajstić information content (AvgIpc) is 2.06. The van der Waals surface area contributed by atoms with Crippen LogP contribution in [0.4, 0.5) is 0 Å². The maximum atomic E-state index is 11.1. The number of hydrogen-bond donors (Lipinski definition) is 0. The fourth-order valence-corrected chi connectivity index (χ4v) is 1.13. The van der Waals surface area contributed by atoms with Crippen LogP contribution in [-0.2, 0) is 0 Å². The zero-order valence-electron chi connectivity index (χ0n) is 6.27. The van der Waals surface area contributed by atoms with E-state index in [1.165, 1.54) is 6.20 Å². The van der Waals surface area contributed by atoms with Gasteiger partial charge in [0, 0.05) is 17.5 Å². The van der Waals surface area contributed by atoms with Gasteiger partial charge in [0.15, 0.2) is 6.20 Å². The summed E-state index contributed by atoms with van der Waals surface area (Å²) in [5, 5.41) is 12.1. The van der Waals surface area contributed by atoms with Crippen LogP contribution < -0.4 is 17.1 Å². The molecule has 1 aromatic heterocycles. The topological polar surface area (TPSA) is 26.9 Å². The molecular weight excluding hydrogens is 174 g/mol. The number of rotatable bonds is 0. The van der Waals surface area contributed by atoms with E-state index in [-0.39, 0.29) is 12.4 Å². The number of fused-ring (bicyclic) bond motifs is 1. The standard InChI is InChI=1S/C9H7NO.ClH/c11-10-7-3-5-8-4-1-2-6-9(8)10;/h1-7H;1H/p-1. The number of benzene rings is 1. The van der Waals surface area contributed by atoms with E-state index in [2.05, 4.69) is 0 Å². The van der Waals surface area contributed by atoms with E-state index in [9.17, 15) is 5.21 Å². The average molecular weight is 181 g/mol. The molecule has 2 rings (SSSR count). The van der Waals surface area contributed by atoms with Crippen molar-refractivity contribution in [3.63, 3.8) is 0 Å². The summed E-state index contributed by atoms with van der Waals surface area (Å²) in [6.07, 6.45) is 1.50. The lowest BCUT2D eigenvalue weighted by Gasteiger charge is -1.98. The highest BCUT2D eigenvalue weighted by atomic mass is 35.5. The summed E-state index contributed by atoms with van der Waals surface area (Å²) in [6.45, 7) is 0. The Bertz CT molecular complexity index is 384. The van der Waals surface area contributed by atoms with Gasteiger partial charge in [-0.05, 0) is 12.1 Å². The van der Waals surface area contributed by atoms with E-state index >= 15 is 0 Å². The molecule has 2 aromatic rings. The fourth-order valence-electron chi connectivity index (χ4n) is 1.13. The normalized spacial score (nSPS) is 9.33. The van der Waals surface area contributed by atoms with Crippen molar-refractivity contribution in [2.24, 2.45) is 0 Å². The van der Waals surface area contributed by atoms with Crippen molar-refractivity contribution in [3.05, 3.63) is 47.8 Å². The first-order valence-electron chi connectivity index (χ1n) is 3.45. The summed E-state index contributed by atoms with van der Waals surface area (Å²) >= 11 is 0. The second kappa shape index (κ2) is 3.41. The van der Waals surface area contributed by atoms with Crippen LogP contribution in [0.15, 0.2) is 42.6 Å². The molecule has 0 amide bonds. The molecule has 0 aliphatic heterocycles. The summed E-state index contributed by atoms with van der Waals surface area (Å²) in [4.78, 5) is 0. The monoisotopic (exact) mass is 180 g/mol. The zero-order valence-corrected chi connectivity index (χ0v) is 7.03. The van der Waals surface area contributed by atoms with Crippen molar-refractivity contribution < 1.29 is 17.1 Å². The third kappa shape index (κ3) is 1.34. The van der Waals surface area contributed by atoms with Gasteiger partial charge < -0.3 is 17.6 Å². The van der Waals surface area contributed by atoms with Crippen LogP contribution in [0.2, 0.25) is 0 Å². The van der Waals surface area contributed by atoms with Gasteiger partial charge in [-0.25, -0.2) is 0 Å². The van der Waals surface area contributed by atoms with Crippen molar-refractivity contribution >= 4 is 10.9 Å². The second-order valence-corrected chi connectivity index (χ2v) is 2.39. The van der Waals surface area contributed by atoms with Crippen molar-refractivity contribution in [3.8, 4) is 0 Å². The van der Waals surface area contributed by atoms with E-state index < -0.39 is 0 Å². The largest absolute Gasteiger partial charge is 1.00 e. The minimum absolute atomic E-state index is 0. The number of aromatic nitrogens is 1. The summed E-state index contributed by atoms with van der Waals surface area (Å²) in [5.41, 5.74) is 0.718. The molecule has 1 aromatic carbocycles. The first-order valence-corrected chi connectivity index (χ1v) is 3.45. The number of pyridine rings is 1. The molecule has 1 heterocycles. The van der Waals surface area contributed by atoms with E-state index in [0.29, 0.717) is 0 Å². The van der Waals surface area contributed by atoms with E-state index in [0.717, 1.165) is 15.6 Å². The molecule has 0 aliphatic carbocycles. The van der Waals surface area contributed by atoms with Crippen molar-refractivity contribution in [2.75, 3.05) is 0 Å². The highest BCUT2D eigenvalue weighted by Gasteiger charge is 1.97. The number of para-hydroxylation sites is 1. The molecule has 0 fully saturated rings. The fraction of sp³-hybridized carbons (Fsp3) is 0. The van der Waals surface area contributed by atoms with Gasteiger partial charge >= 0.3 is 0 Å². The number of hydrogen-bond acceptors (Lipinski definition) is 1. The van der Waals surface area contributed by atoms with Crippen LogP contribution in [0.5, 0.6) is 0 Å². The van der Waals surface area contributed by atoms with Gasteiger partial charge in [-0.2, -0.15) is 4.73 Å². The third-order valence-electron chi connectivity index (χ3n) is 1.67. The maximum absolute atomic E-state index is 11.1. The van der Waals surface area contributed by atoms with Gasteiger partial charge in [-0.1, -0.05) is 12.1 Å². The number of nitrogens with zero attached hydrogens (tertiary/aromatic N) is 1. The summed E-state index contributed by atoms with van der Waals surface area (Å²) in [7, 11) is 0. The summed E-state index contributed by atoms with van der Waals surface area (Å²) < 4.78 is 0.870. The molecule has 0 spiro atoms. The lowest BCUT2D eigenvalue weighted by Crippen LogP contribution is -3.00. The third-order valence-corrected chi connectivity index (χ3v) is 1.67. The van der Waals surface area contributed by atoms with Gasteiger partial charge in [-0.15, -0.1) is 0 Å². The molecule has 0 aliphatic rings. The van der Waals surface area contributed by atoms with Crippen LogP contribution in [0, 0.1) is 5.21 Å². The minimum atomic E-state index is 0. The zero-order chi connectivity index (χ0) is 7.68. The Balaban J connectivity index is 0.000000720. The Labute approximate surface area is 76.4 Å². The molecule has 0 unspecified atom stereocenters. The van der Waals surface area contributed by atoms with Gasteiger partial charge in [0.2, 0.25) is 5.52 Å². The van der Waals surface area contributed by atoms with E-state index in [1.54, 1.807) is 6.07 Å². The van der Waals surface area contributed by atoms with Gasteiger partial charge in [0.25, 0.3) is 0 Å². The molecule has 3 heteroatoms. The predicted octanol–water partition coefficient (Wildman–Crippen LogP) is -1.52. The Morgan fingerprint density at radius 1 is 1.00 bits per heavy atom. The van der Waals surface area contributed by atoms with E-state index in [1.807, 2.05) is 30.3 Å². The van der Waals surface area contributed by atoms with E-state index in [4.69, 9.17) is 0 Å². The molecule has 0 bridgehead atoms. The molecule has 2 nitrogen and oxygen atoms in total. The smallest absolute Gasteiger partial charge is 0.223 e. The Morgan fingerprint density at radius 3 is 2.42 bits per heavy atom. The number of halogens is 1. The second-order valence-electron chi connectivity index (χ2n) is 2.39. The molecular formula is C9H7ClNO-. The highest BCUT2D eigenvalue weighted by molar-refractivity contribution is 5.74. The molecule has 62 valence electrons. The summed E-state index contributed by atoms with van der Waals surface area (Å²) in [6, 6.07) is 11.2. The van der Waals surface area contributed by atoms with Crippen molar-refractivity contribution in [1.29, 1.82) is 0 Å². The van der Waals surface area contributed by atoms with Crippen LogP contribution >= 0.6 is 0 Å². The maximum Gasteiger partial charge on any atom is 0.223 e. The van der Waals surface area contributed by atoms with Gasteiger partial charge in [0.1, 0.15) is 0 Å². The minimum Gasteiger partial charge on any atom is -1.00 e. The SMILES string of the molecule is [Cl-].[O-][n+]1cccc2ccccc21. The van der Waals surface area contributed by atoms with Gasteiger partial charge in [0.05, 0.1) is 0 Å². The Morgan fingerprint density at radius 2 is 1.67 bits per heavy atom. The molecule has 0 saturated heterocycles. The molecule has 12 heavy (non-hydrogen) atoms. The lowest BCUT2D eigenvalue weighted by molar-refractivity contribution is -0.577. The molecule has 0 saturated carbocycles. The van der Waals surface area contributed by atoms with Crippen LogP contribution in [0.1, 0.15) is 0 Å². The van der Waals surface area contributed by atoms with Crippen LogP contribution in [-0.4, -0.2) is 0 Å². The Hall–Kier alpha value is -1.28. The first kappa shape index (κ1) is 8.81. The highest BCUT2D eigenvalue weighted by Crippen LogP contribution is 2.06. The van der Waals surface area contributed by atoms with Crippen molar-refractivity contribution in [2.45, 2.75) is 0 Å². The van der Waals surface area contributed by atoms with Gasteiger partial charge in [-0.3, -0.25) is 0 Å². The molecule has 0 N–H and O–H groups in total. The summed E-state index contributed by atoms with van der Waals surface area (Å²) in [5.74, 6) is 0. The molecule has 0 atom stereocenters. The van der Waals surface area contributed by atoms with Crippen LogP contribution in [0.3, 0.4) is 0 Å². The molecule has 0 radical (unpaired) electrons. The lowest BCUT2D eigenvalue weighted by atomic mass is 10.2. The quantitative estimate of drug-likeness (QED) is 0.357. The first-order chi connectivity index (χ1) is 5.38.